The average Bonchev–Trinajstić information content (AvgIpc) is 2.06. The van der Waals surface area contributed by atoms with Gasteiger partial charge in [-0.05, 0) is 18.6 Å². The van der Waals surface area contributed by atoms with Crippen LogP contribution in [0.3, 0.4) is 0 Å². The van der Waals surface area contributed by atoms with Crippen LogP contribution in [0.15, 0.2) is 0 Å². The Bertz CT molecular complexity index is 155. The Morgan fingerprint density at radius 1 is 1.58 bits per heavy atom. The lowest BCUT2D eigenvalue weighted by atomic mass is 10.2. The molecule has 0 aromatic rings. The predicted molar refractivity (Wildman–Crippen MR) is 52.6 cm³/mol. The van der Waals surface area contributed by atoms with Gasteiger partial charge in [0.05, 0.1) is 0 Å². The summed E-state index contributed by atoms with van der Waals surface area (Å²) < 4.78 is 0. The number of nitrogens with zero attached hydrogens (tertiary/aromatic N) is 1. The second-order valence-electron chi connectivity index (χ2n) is 3.26. The largest absolute Gasteiger partial charge is 0.334 e. The second-order valence-corrected chi connectivity index (χ2v) is 4.41. The Morgan fingerprint density at radius 3 is 2.83 bits per heavy atom. The molecule has 0 radical (unpaired) electrons. The van der Waals surface area contributed by atoms with Crippen molar-refractivity contribution in [2.24, 2.45) is 0 Å². The van der Waals surface area contributed by atoms with E-state index in [2.05, 4.69) is 5.32 Å². The highest BCUT2D eigenvalue weighted by Crippen LogP contribution is 2.16. The lowest BCUT2D eigenvalue weighted by Gasteiger charge is -2.24. The number of amides is 2. The Morgan fingerprint density at radius 2 is 2.33 bits per heavy atom. The fourth-order valence-corrected chi connectivity index (χ4v) is 2.23. The van der Waals surface area contributed by atoms with E-state index in [1.54, 1.807) is 19.0 Å². The van der Waals surface area contributed by atoms with Crippen LogP contribution in [0.4, 0.5) is 4.79 Å². The summed E-state index contributed by atoms with van der Waals surface area (Å²) in [6.07, 6.45) is 2.36. The van der Waals surface area contributed by atoms with Crippen molar-refractivity contribution in [1.29, 1.82) is 0 Å². The monoisotopic (exact) mass is 188 g/mol. The zero-order valence-electron chi connectivity index (χ0n) is 7.67. The maximum absolute atomic E-state index is 11.2. The standard InChI is InChI=1S/C8H16N2OS/c1-10(2)8(11)9-7-4-3-5-12-6-7/h7H,3-6H2,1-2H3,(H,9,11). The Kier molecular flexibility index (Phi) is 3.72. The van der Waals surface area contributed by atoms with E-state index in [1.807, 2.05) is 11.8 Å². The molecule has 1 unspecified atom stereocenters. The van der Waals surface area contributed by atoms with E-state index in [1.165, 1.54) is 12.2 Å². The van der Waals surface area contributed by atoms with E-state index >= 15 is 0 Å². The first-order chi connectivity index (χ1) is 5.70. The fourth-order valence-electron chi connectivity index (χ4n) is 1.16. The van der Waals surface area contributed by atoms with Gasteiger partial charge in [0.25, 0.3) is 0 Å². The van der Waals surface area contributed by atoms with Crippen LogP contribution in [0.25, 0.3) is 0 Å². The minimum atomic E-state index is 0.0301. The van der Waals surface area contributed by atoms with Gasteiger partial charge < -0.3 is 10.2 Å². The quantitative estimate of drug-likeness (QED) is 0.669. The van der Waals surface area contributed by atoms with Crippen LogP contribution in [0, 0.1) is 0 Å². The molecule has 1 fully saturated rings. The van der Waals surface area contributed by atoms with Gasteiger partial charge in [0.1, 0.15) is 0 Å². The van der Waals surface area contributed by atoms with Crippen LogP contribution in [-0.4, -0.2) is 42.6 Å². The van der Waals surface area contributed by atoms with Crippen molar-refractivity contribution in [1.82, 2.24) is 10.2 Å². The molecule has 1 aliphatic heterocycles. The number of nitrogens with one attached hydrogen (secondary N) is 1. The SMILES string of the molecule is CN(C)C(=O)NC1CCCSC1. The summed E-state index contributed by atoms with van der Waals surface area (Å²) in [6, 6.07) is 0.418. The molecule has 0 bridgehead atoms. The number of hydrogen-bond donors (Lipinski definition) is 1. The lowest BCUT2D eigenvalue weighted by Crippen LogP contribution is -2.43. The summed E-state index contributed by atoms with van der Waals surface area (Å²) in [5, 5.41) is 2.98. The highest BCUT2D eigenvalue weighted by Gasteiger charge is 2.16. The molecule has 0 spiro atoms. The molecule has 2 amide bonds. The van der Waals surface area contributed by atoms with Gasteiger partial charge in [0, 0.05) is 25.9 Å². The number of carbonyl (C=O) groups excluding carboxylic acids is 1. The molecule has 1 atom stereocenters. The zero-order chi connectivity index (χ0) is 8.97. The van der Waals surface area contributed by atoms with Gasteiger partial charge in [-0.25, -0.2) is 4.79 Å². The molecule has 1 rings (SSSR count). The number of hydrogen-bond acceptors (Lipinski definition) is 2. The number of rotatable bonds is 1. The van der Waals surface area contributed by atoms with Gasteiger partial charge in [0.15, 0.2) is 0 Å². The summed E-state index contributed by atoms with van der Waals surface area (Å²) in [5.41, 5.74) is 0. The molecule has 1 aliphatic rings. The zero-order valence-corrected chi connectivity index (χ0v) is 8.49. The first-order valence-corrected chi connectivity index (χ1v) is 5.41. The first kappa shape index (κ1) is 9.71. The minimum absolute atomic E-state index is 0.0301. The van der Waals surface area contributed by atoms with E-state index in [0.717, 1.165) is 12.2 Å². The fraction of sp³-hybridized carbons (Fsp3) is 0.875. The lowest BCUT2D eigenvalue weighted by molar-refractivity contribution is 0.213. The Hall–Kier alpha value is -0.380. The van der Waals surface area contributed by atoms with Gasteiger partial charge in [-0.2, -0.15) is 11.8 Å². The topological polar surface area (TPSA) is 32.3 Å². The van der Waals surface area contributed by atoms with Crippen LogP contribution < -0.4 is 5.32 Å². The van der Waals surface area contributed by atoms with Gasteiger partial charge in [-0.3, -0.25) is 0 Å². The molecule has 70 valence electrons. The smallest absolute Gasteiger partial charge is 0.317 e. The molecular weight excluding hydrogens is 172 g/mol. The van der Waals surface area contributed by atoms with Crippen LogP contribution >= 0.6 is 11.8 Å². The predicted octanol–water partition coefficient (Wildman–Crippen LogP) is 1.15. The molecular formula is C8H16N2OS. The summed E-state index contributed by atoms with van der Waals surface area (Å²) in [4.78, 5) is 12.8. The van der Waals surface area contributed by atoms with Crippen molar-refractivity contribution in [3.05, 3.63) is 0 Å². The number of carbonyl (C=O) groups is 1. The van der Waals surface area contributed by atoms with E-state index in [9.17, 15) is 4.79 Å². The van der Waals surface area contributed by atoms with Crippen LogP contribution in [0.1, 0.15) is 12.8 Å². The third-order valence-corrected chi connectivity index (χ3v) is 3.11. The van der Waals surface area contributed by atoms with E-state index < -0.39 is 0 Å². The maximum atomic E-state index is 11.2. The molecule has 0 saturated carbocycles. The Balaban J connectivity index is 2.24. The molecule has 0 aliphatic carbocycles. The molecule has 12 heavy (non-hydrogen) atoms. The third kappa shape index (κ3) is 2.93. The first-order valence-electron chi connectivity index (χ1n) is 4.25. The van der Waals surface area contributed by atoms with E-state index in [-0.39, 0.29) is 6.03 Å². The third-order valence-electron chi connectivity index (χ3n) is 1.89. The van der Waals surface area contributed by atoms with Crippen LogP contribution in [-0.2, 0) is 0 Å². The van der Waals surface area contributed by atoms with Gasteiger partial charge in [0.2, 0.25) is 0 Å². The van der Waals surface area contributed by atoms with Crippen molar-refractivity contribution in [3.63, 3.8) is 0 Å². The molecule has 0 aromatic heterocycles. The molecule has 0 aromatic carbocycles. The highest BCUT2D eigenvalue weighted by molar-refractivity contribution is 7.99. The second kappa shape index (κ2) is 4.60. The normalized spacial score (nSPS) is 23.3. The summed E-state index contributed by atoms with van der Waals surface area (Å²) in [7, 11) is 3.54. The molecule has 4 heteroatoms. The summed E-state index contributed by atoms with van der Waals surface area (Å²) in [6.45, 7) is 0. The average molecular weight is 188 g/mol. The van der Waals surface area contributed by atoms with Gasteiger partial charge >= 0.3 is 6.03 Å². The molecule has 1 saturated heterocycles. The molecule has 1 N–H and O–H groups in total. The molecule has 3 nitrogen and oxygen atoms in total. The van der Waals surface area contributed by atoms with Crippen LogP contribution in [0.2, 0.25) is 0 Å². The Labute approximate surface area is 77.9 Å². The van der Waals surface area contributed by atoms with E-state index in [0.29, 0.717) is 6.04 Å². The van der Waals surface area contributed by atoms with Gasteiger partial charge in [-0.1, -0.05) is 0 Å². The minimum Gasteiger partial charge on any atom is -0.334 e. The van der Waals surface area contributed by atoms with Crippen molar-refractivity contribution in [2.45, 2.75) is 18.9 Å². The van der Waals surface area contributed by atoms with Crippen molar-refractivity contribution in [3.8, 4) is 0 Å². The van der Waals surface area contributed by atoms with Crippen molar-refractivity contribution in [2.75, 3.05) is 25.6 Å². The number of urea groups is 1. The maximum Gasteiger partial charge on any atom is 0.317 e. The van der Waals surface area contributed by atoms with Crippen molar-refractivity contribution < 1.29 is 4.79 Å². The highest BCUT2D eigenvalue weighted by atomic mass is 32.2. The summed E-state index contributed by atoms with van der Waals surface area (Å²) in [5.74, 6) is 2.31. The summed E-state index contributed by atoms with van der Waals surface area (Å²) >= 11 is 1.92. The van der Waals surface area contributed by atoms with E-state index in [4.69, 9.17) is 0 Å². The molecule has 1 heterocycles. The van der Waals surface area contributed by atoms with Crippen LogP contribution in [0.5, 0.6) is 0 Å². The van der Waals surface area contributed by atoms with Gasteiger partial charge in [-0.15, -0.1) is 0 Å². The number of thioether (sulfide) groups is 1. The van der Waals surface area contributed by atoms with Crippen molar-refractivity contribution >= 4 is 17.8 Å².